The van der Waals surface area contributed by atoms with Gasteiger partial charge in [0, 0.05) is 7.11 Å². The van der Waals surface area contributed by atoms with Crippen molar-refractivity contribution in [3.8, 4) is 0 Å². The summed E-state index contributed by atoms with van der Waals surface area (Å²) in [5, 5.41) is 0. The molecule has 0 radical (unpaired) electrons. The van der Waals surface area contributed by atoms with Crippen molar-refractivity contribution < 1.29 is 19.1 Å². The van der Waals surface area contributed by atoms with Gasteiger partial charge in [-0.15, -0.1) is 0 Å². The van der Waals surface area contributed by atoms with Gasteiger partial charge in [-0.05, 0) is 0 Å². The summed E-state index contributed by atoms with van der Waals surface area (Å²) in [4.78, 5) is 20.3. The Morgan fingerprint density at radius 3 is 2.22 bits per heavy atom. The summed E-state index contributed by atoms with van der Waals surface area (Å²) in [6, 6.07) is 0. The molecule has 9 heavy (non-hydrogen) atoms. The van der Waals surface area contributed by atoms with Gasteiger partial charge in [-0.25, -0.2) is 4.79 Å². The standard InChI is InChI=1S/C5H8O4/c1-8-4(3-6)5(7)9-2/h3-4H,1-2H3. The first kappa shape index (κ1) is 8.10. The Hall–Kier alpha value is -0.900. The van der Waals surface area contributed by atoms with E-state index in [4.69, 9.17) is 0 Å². The smallest absolute Gasteiger partial charge is 0.342 e. The molecule has 0 fully saturated rings. The minimum absolute atomic E-state index is 0.381. The molecule has 0 saturated carbocycles. The van der Waals surface area contributed by atoms with Crippen LogP contribution in [0.5, 0.6) is 0 Å². The second-order valence-corrected chi connectivity index (χ2v) is 1.32. The summed E-state index contributed by atoms with van der Waals surface area (Å²) < 4.78 is 8.61. The van der Waals surface area contributed by atoms with Gasteiger partial charge in [0.05, 0.1) is 7.11 Å². The minimum Gasteiger partial charge on any atom is -0.467 e. The quantitative estimate of drug-likeness (QED) is 0.291. The van der Waals surface area contributed by atoms with Crippen molar-refractivity contribution in [2.45, 2.75) is 6.10 Å². The molecule has 0 spiro atoms. The first-order chi connectivity index (χ1) is 4.26. The Kier molecular flexibility index (Phi) is 3.62. The van der Waals surface area contributed by atoms with E-state index in [-0.39, 0.29) is 0 Å². The van der Waals surface area contributed by atoms with Crippen LogP contribution in [0.1, 0.15) is 0 Å². The first-order valence-corrected chi connectivity index (χ1v) is 2.32. The highest BCUT2D eigenvalue weighted by Crippen LogP contribution is 1.86. The van der Waals surface area contributed by atoms with Crippen molar-refractivity contribution >= 4 is 12.3 Å². The monoisotopic (exact) mass is 132 g/mol. The molecule has 1 unspecified atom stereocenters. The molecule has 0 saturated heterocycles. The third-order valence-corrected chi connectivity index (χ3v) is 0.811. The molecule has 4 nitrogen and oxygen atoms in total. The zero-order chi connectivity index (χ0) is 7.28. The maximum atomic E-state index is 10.4. The van der Waals surface area contributed by atoms with E-state index in [9.17, 15) is 9.59 Å². The fourth-order valence-electron chi connectivity index (χ4n) is 0.323. The van der Waals surface area contributed by atoms with Crippen LogP contribution in [0.4, 0.5) is 0 Å². The first-order valence-electron chi connectivity index (χ1n) is 2.32. The number of aldehydes is 1. The number of carbonyl (C=O) groups excluding carboxylic acids is 2. The molecule has 0 aliphatic carbocycles. The molecule has 0 aliphatic rings. The van der Waals surface area contributed by atoms with Crippen molar-refractivity contribution in [2.75, 3.05) is 14.2 Å². The number of rotatable bonds is 3. The van der Waals surface area contributed by atoms with Gasteiger partial charge in [-0.1, -0.05) is 0 Å². The molecule has 52 valence electrons. The van der Waals surface area contributed by atoms with Gasteiger partial charge in [-0.2, -0.15) is 0 Å². The molecular formula is C5H8O4. The molecule has 1 atom stereocenters. The number of hydrogen-bond acceptors (Lipinski definition) is 4. The number of carbonyl (C=O) groups is 2. The Labute approximate surface area is 52.7 Å². The van der Waals surface area contributed by atoms with E-state index in [0.29, 0.717) is 6.29 Å². The molecule has 0 amide bonds. The van der Waals surface area contributed by atoms with Crippen LogP contribution >= 0.6 is 0 Å². The number of ether oxygens (including phenoxy) is 2. The Morgan fingerprint density at radius 2 is 2.11 bits per heavy atom. The molecule has 4 heteroatoms. The fourth-order valence-corrected chi connectivity index (χ4v) is 0.323. The molecule has 0 aromatic carbocycles. The van der Waals surface area contributed by atoms with Crippen LogP contribution in [0, 0.1) is 0 Å². The zero-order valence-corrected chi connectivity index (χ0v) is 5.29. The van der Waals surface area contributed by atoms with E-state index < -0.39 is 12.1 Å². The maximum Gasteiger partial charge on any atom is 0.342 e. The number of esters is 1. The lowest BCUT2D eigenvalue weighted by Gasteiger charge is -2.02. The lowest BCUT2D eigenvalue weighted by molar-refractivity contribution is -0.153. The molecule has 0 aliphatic heterocycles. The summed E-state index contributed by atoms with van der Waals surface area (Å²) in [7, 11) is 2.45. The predicted molar refractivity (Wildman–Crippen MR) is 28.9 cm³/mol. The van der Waals surface area contributed by atoms with Crippen LogP contribution in [0.3, 0.4) is 0 Å². The molecular weight excluding hydrogens is 124 g/mol. The maximum absolute atomic E-state index is 10.4. The van der Waals surface area contributed by atoms with Gasteiger partial charge < -0.3 is 9.47 Å². The highest BCUT2D eigenvalue weighted by Gasteiger charge is 2.15. The lowest BCUT2D eigenvalue weighted by atomic mass is 10.4. The largest absolute Gasteiger partial charge is 0.467 e. The fraction of sp³-hybridized carbons (Fsp3) is 0.600. The van der Waals surface area contributed by atoms with Gasteiger partial charge in [0.25, 0.3) is 0 Å². The highest BCUT2D eigenvalue weighted by molar-refractivity contribution is 5.90. The Morgan fingerprint density at radius 1 is 1.56 bits per heavy atom. The van der Waals surface area contributed by atoms with E-state index in [1.807, 2.05) is 0 Å². The summed E-state index contributed by atoms with van der Waals surface area (Å²) in [5.74, 6) is -0.674. The summed E-state index contributed by atoms with van der Waals surface area (Å²) >= 11 is 0. The van der Waals surface area contributed by atoms with E-state index in [2.05, 4.69) is 9.47 Å². The van der Waals surface area contributed by atoms with Gasteiger partial charge in [0.1, 0.15) is 0 Å². The highest BCUT2D eigenvalue weighted by atomic mass is 16.6. The Balaban J connectivity index is 3.78. The van der Waals surface area contributed by atoms with Crippen molar-refractivity contribution in [3.05, 3.63) is 0 Å². The van der Waals surface area contributed by atoms with Gasteiger partial charge in [0.15, 0.2) is 6.29 Å². The van der Waals surface area contributed by atoms with Crippen LogP contribution in [0.2, 0.25) is 0 Å². The third kappa shape index (κ3) is 2.23. The van der Waals surface area contributed by atoms with E-state index >= 15 is 0 Å². The molecule has 0 aromatic heterocycles. The summed E-state index contributed by atoms with van der Waals surface area (Å²) in [5.41, 5.74) is 0. The third-order valence-electron chi connectivity index (χ3n) is 0.811. The number of hydrogen-bond donors (Lipinski definition) is 0. The predicted octanol–water partition coefficient (Wildman–Crippen LogP) is -0.627. The summed E-state index contributed by atoms with van der Waals surface area (Å²) in [6.45, 7) is 0. The topological polar surface area (TPSA) is 52.6 Å². The van der Waals surface area contributed by atoms with Crippen molar-refractivity contribution in [1.29, 1.82) is 0 Å². The van der Waals surface area contributed by atoms with Crippen molar-refractivity contribution in [1.82, 2.24) is 0 Å². The van der Waals surface area contributed by atoms with E-state index in [1.165, 1.54) is 14.2 Å². The molecule has 0 bridgehead atoms. The second-order valence-electron chi connectivity index (χ2n) is 1.32. The lowest BCUT2D eigenvalue weighted by Crippen LogP contribution is -2.25. The van der Waals surface area contributed by atoms with Crippen LogP contribution in [0.25, 0.3) is 0 Å². The van der Waals surface area contributed by atoms with Crippen LogP contribution in [-0.4, -0.2) is 32.6 Å². The summed E-state index contributed by atoms with van der Waals surface area (Å²) in [6.07, 6.45) is -0.693. The van der Waals surface area contributed by atoms with Crippen LogP contribution < -0.4 is 0 Å². The Bertz CT molecular complexity index is 110. The van der Waals surface area contributed by atoms with E-state index in [0.717, 1.165) is 0 Å². The number of methoxy groups -OCH3 is 2. The SMILES string of the molecule is COC(=O)C(C=O)OC. The van der Waals surface area contributed by atoms with Gasteiger partial charge >= 0.3 is 5.97 Å². The minimum atomic E-state index is -1.07. The van der Waals surface area contributed by atoms with E-state index in [1.54, 1.807) is 0 Å². The average molecular weight is 132 g/mol. The molecule has 0 rings (SSSR count). The van der Waals surface area contributed by atoms with Crippen molar-refractivity contribution in [3.63, 3.8) is 0 Å². The normalized spacial score (nSPS) is 12.2. The van der Waals surface area contributed by atoms with Crippen LogP contribution in [-0.2, 0) is 19.1 Å². The molecule has 0 heterocycles. The molecule has 0 N–H and O–H groups in total. The van der Waals surface area contributed by atoms with Gasteiger partial charge in [-0.3, -0.25) is 4.79 Å². The van der Waals surface area contributed by atoms with Crippen molar-refractivity contribution in [2.24, 2.45) is 0 Å². The molecule has 0 aromatic rings. The van der Waals surface area contributed by atoms with Crippen LogP contribution in [0.15, 0.2) is 0 Å². The second kappa shape index (κ2) is 4.03. The zero-order valence-electron chi connectivity index (χ0n) is 5.29. The average Bonchev–Trinajstić information content (AvgIpc) is 1.90. The van der Waals surface area contributed by atoms with Gasteiger partial charge in [0.2, 0.25) is 6.10 Å².